The van der Waals surface area contributed by atoms with E-state index in [1.807, 2.05) is 24.3 Å². The van der Waals surface area contributed by atoms with Crippen molar-refractivity contribution in [3.63, 3.8) is 0 Å². The van der Waals surface area contributed by atoms with Crippen molar-refractivity contribution >= 4 is 20.0 Å². The van der Waals surface area contributed by atoms with Crippen LogP contribution in [0.25, 0.3) is 0 Å². The number of carbonyl (C=O) groups is 2. The fourth-order valence-electron chi connectivity index (χ4n) is 2.45. The number of carbonyl (C=O) groups excluding carboxylic acids is 2. The molecule has 27 heavy (non-hydrogen) atoms. The molecule has 0 aliphatic heterocycles. The van der Waals surface area contributed by atoms with Crippen molar-refractivity contribution in [2.75, 3.05) is 0 Å². The summed E-state index contributed by atoms with van der Waals surface area (Å²) in [4.78, 5) is 27.6. The van der Waals surface area contributed by atoms with Crippen molar-refractivity contribution in [3.8, 4) is 5.88 Å². The summed E-state index contributed by atoms with van der Waals surface area (Å²) in [7, 11) is -2.14. The maximum atomic E-state index is 12.1. The van der Waals surface area contributed by atoms with Crippen LogP contribution in [0.3, 0.4) is 0 Å². The molecule has 1 heterocycles. The number of imidazole rings is 1. The molecule has 2 N–H and O–H groups in total. The van der Waals surface area contributed by atoms with E-state index in [0.29, 0.717) is 18.8 Å². The average Bonchev–Trinajstić information content (AvgIpc) is 2.89. The lowest BCUT2D eigenvalue weighted by atomic mass is 10.1. The third kappa shape index (κ3) is 5.06. The van der Waals surface area contributed by atoms with E-state index in [1.165, 1.54) is 0 Å². The lowest BCUT2D eigenvalue weighted by Crippen LogP contribution is -2.44. The van der Waals surface area contributed by atoms with Crippen LogP contribution in [0.1, 0.15) is 49.3 Å². The quantitative estimate of drug-likeness (QED) is 0.736. The summed E-state index contributed by atoms with van der Waals surface area (Å²) in [6.45, 7) is 12.6. The molecule has 0 saturated heterocycles. The fourth-order valence-corrected chi connectivity index (χ4v) is 3.39. The molecule has 0 fully saturated rings. The number of hydrogen-bond donors (Lipinski definition) is 1. The molecule has 2 aromatic rings. The maximum absolute atomic E-state index is 12.1. The van der Waals surface area contributed by atoms with Gasteiger partial charge in [0.25, 0.3) is 14.2 Å². The monoisotopic (exact) mass is 387 g/mol. The van der Waals surface area contributed by atoms with Gasteiger partial charge in [0.05, 0.1) is 6.33 Å². The third-order valence-corrected chi connectivity index (χ3v) is 9.34. The number of nitrogens with two attached hydrogens (primary N) is 1. The van der Waals surface area contributed by atoms with E-state index in [9.17, 15) is 9.59 Å². The van der Waals surface area contributed by atoms with Gasteiger partial charge in [0.1, 0.15) is 5.78 Å². The standard InChI is InChI=1S/C20H29N3O3Si/c1-14(24)11-15-7-9-16(10-8-15)12-23-13-22-19(17(23)18(21)25)26-27(5,6)20(2,3)4/h7-10,13H,11-12H2,1-6H3,(H2,21,25). The van der Waals surface area contributed by atoms with Gasteiger partial charge in [-0.1, -0.05) is 45.0 Å². The van der Waals surface area contributed by atoms with Gasteiger partial charge in [-0.3, -0.25) is 9.59 Å². The molecule has 1 aromatic carbocycles. The first-order chi connectivity index (χ1) is 12.4. The Morgan fingerprint density at radius 2 is 1.70 bits per heavy atom. The fraction of sp³-hybridized carbons (Fsp3) is 0.450. The normalized spacial score (nSPS) is 12.1. The predicted molar refractivity (Wildman–Crippen MR) is 108 cm³/mol. The van der Waals surface area contributed by atoms with E-state index in [2.05, 4.69) is 38.8 Å². The van der Waals surface area contributed by atoms with E-state index in [0.717, 1.165) is 11.1 Å². The molecule has 1 aromatic heterocycles. The summed E-state index contributed by atoms with van der Waals surface area (Å²) >= 11 is 0. The molecule has 2 rings (SSSR count). The summed E-state index contributed by atoms with van der Waals surface area (Å²) in [5.74, 6) is -0.127. The summed E-state index contributed by atoms with van der Waals surface area (Å²) in [6, 6.07) is 7.73. The molecule has 1 amide bonds. The van der Waals surface area contributed by atoms with Crippen LogP contribution >= 0.6 is 0 Å². The molecule has 0 atom stereocenters. The molecular weight excluding hydrogens is 358 g/mol. The minimum Gasteiger partial charge on any atom is -0.529 e. The highest BCUT2D eigenvalue weighted by molar-refractivity contribution is 6.74. The second-order valence-electron chi connectivity index (χ2n) is 8.45. The summed E-state index contributed by atoms with van der Waals surface area (Å²) in [5.41, 5.74) is 7.86. The molecule has 7 heteroatoms. The number of primary amides is 1. The molecule has 0 spiro atoms. The van der Waals surface area contributed by atoms with Crippen molar-refractivity contribution in [2.45, 2.75) is 58.8 Å². The third-order valence-electron chi connectivity index (χ3n) is 5.02. The van der Waals surface area contributed by atoms with E-state index in [1.54, 1.807) is 17.8 Å². The van der Waals surface area contributed by atoms with Crippen LogP contribution in [0.5, 0.6) is 5.88 Å². The molecular formula is C20H29N3O3Si. The molecule has 0 aliphatic rings. The Balaban J connectivity index is 2.27. The van der Waals surface area contributed by atoms with Crippen LogP contribution < -0.4 is 10.2 Å². The van der Waals surface area contributed by atoms with E-state index < -0.39 is 14.2 Å². The van der Waals surface area contributed by atoms with Gasteiger partial charge in [-0.05, 0) is 36.2 Å². The Labute approximate surface area is 161 Å². The summed E-state index contributed by atoms with van der Waals surface area (Å²) in [6.07, 6.45) is 2.01. The second kappa shape index (κ2) is 7.68. The zero-order valence-electron chi connectivity index (χ0n) is 17.0. The zero-order valence-corrected chi connectivity index (χ0v) is 18.0. The number of ketones is 1. The van der Waals surface area contributed by atoms with Gasteiger partial charge in [0.2, 0.25) is 5.88 Å². The lowest BCUT2D eigenvalue weighted by Gasteiger charge is -2.35. The highest BCUT2D eigenvalue weighted by atomic mass is 28.4. The minimum atomic E-state index is -2.14. The van der Waals surface area contributed by atoms with Crippen LogP contribution in [0.15, 0.2) is 30.6 Å². The van der Waals surface area contributed by atoms with Crippen LogP contribution in [0.2, 0.25) is 18.1 Å². The largest absolute Gasteiger partial charge is 0.529 e. The summed E-state index contributed by atoms with van der Waals surface area (Å²) < 4.78 is 7.92. The van der Waals surface area contributed by atoms with Crippen molar-refractivity contribution in [2.24, 2.45) is 5.73 Å². The maximum Gasteiger partial charge on any atom is 0.270 e. The Kier molecular flexibility index (Phi) is 5.94. The Hall–Kier alpha value is -2.41. The van der Waals surface area contributed by atoms with Crippen LogP contribution in [0.4, 0.5) is 0 Å². The van der Waals surface area contributed by atoms with Gasteiger partial charge in [-0.2, -0.15) is 0 Å². The minimum absolute atomic E-state index is 0.0156. The highest BCUT2D eigenvalue weighted by Crippen LogP contribution is 2.37. The molecule has 146 valence electrons. The highest BCUT2D eigenvalue weighted by Gasteiger charge is 2.40. The lowest BCUT2D eigenvalue weighted by molar-refractivity contribution is -0.116. The first-order valence-electron chi connectivity index (χ1n) is 9.02. The van der Waals surface area contributed by atoms with Gasteiger partial charge in [0.15, 0.2) is 5.69 Å². The van der Waals surface area contributed by atoms with Gasteiger partial charge in [-0.25, -0.2) is 4.98 Å². The van der Waals surface area contributed by atoms with Gasteiger partial charge in [0, 0.05) is 13.0 Å². The van der Waals surface area contributed by atoms with Crippen molar-refractivity contribution < 1.29 is 14.0 Å². The average molecular weight is 388 g/mol. The van der Waals surface area contributed by atoms with Gasteiger partial charge < -0.3 is 14.7 Å². The van der Waals surface area contributed by atoms with E-state index in [4.69, 9.17) is 10.2 Å². The van der Waals surface area contributed by atoms with Crippen molar-refractivity contribution in [1.82, 2.24) is 9.55 Å². The number of hydrogen-bond acceptors (Lipinski definition) is 4. The molecule has 0 saturated carbocycles. The number of Topliss-reactive ketones (excluding diaryl/α,β-unsaturated/α-hetero) is 1. The van der Waals surface area contributed by atoms with Gasteiger partial charge >= 0.3 is 0 Å². The Bertz CT molecular complexity index is 833. The van der Waals surface area contributed by atoms with Crippen molar-refractivity contribution in [3.05, 3.63) is 47.4 Å². The first kappa shape index (κ1) is 20.9. The number of benzene rings is 1. The SMILES string of the molecule is CC(=O)Cc1ccc(Cn2cnc(O[Si](C)(C)C(C)(C)C)c2C(N)=O)cc1. The first-order valence-corrected chi connectivity index (χ1v) is 11.9. The molecule has 6 nitrogen and oxygen atoms in total. The topological polar surface area (TPSA) is 87.2 Å². The van der Waals surface area contributed by atoms with Crippen LogP contribution in [-0.4, -0.2) is 29.6 Å². The predicted octanol–water partition coefficient (Wildman–Crippen LogP) is 3.55. The van der Waals surface area contributed by atoms with Crippen molar-refractivity contribution in [1.29, 1.82) is 0 Å². The Morgan fingerprint density at radius 3 is 2.19 bits per heavy atom. The zero-order chi connectivity index (χ0) is 20.4. The second-order valence-corrected chi connectivity index (χ2v) is 13.2. The van der Waals surface area contributed by atoms with Crippen LogP contribution in [-0.2, 0) is 17.8 Å². The molecule has 0 aliphatic carbocycles. The molecule has 0 radical (unpaired) electrons. The number of nitrogens with zero attached hydrogens (tertiary/aromatic N) is 2. The molecule has 0 unspecified atom stereocenters. The molecule has 0 bridgehead atoms. The Morgan fingerprint density at radius 1 is 1.15 bits per heavy atom. The smallest absolute Gasteiger partial charge is 0.270 e. The number of amides is 1. The van der Waals surface area contributed by atoms with E-state index >= 15 is 0 Å². The number of rotatable bonds is 7. The number of aromatic nitrogens is 2. The van der Waals surface area contributed by atoms with Crippen LogP contribution in [0, 0.1) is 0 Å². The summed E-state index contributed by atoms with van der Waals surface area (Å²) in [5, 5.41) is -0.0156. The van der Waals surface area contributed by atoms with Gasteiger partial charge in [-0.15, -0.1) is 0 Å². The van der Waals surface area contributed by atoms with E-state index in [-0.39, 0.29) is 16.5 Å².